The molecule has 0 saturated carbocycles. The highest BCUT2D eigenvalue weighted by atomic mass is 32.2. The predicted octanol–water partition coefficient (Wildman–Crippen LogP) is 1.16. The van der Waals surface area contributed by atoms with E-state index in [1.807, 2.05) is 7.05 Å². The molecule has 5 heteroatoms. The Labute approximate surface area is 82.3 Å². The fourth-order valence-electron chi connectivity index (χ4n) is 0.516. The summed E-state index contributed by atoms with van der Waals surface area (Å²) in [4.78, 5) is 17.2. The second-order valence-corrected chi connectivity index (χ2v) is 3.16. The zero-order chi connectivity index (χ0) is 9.94. The zero-order valence-corrected chi connectivity index (χ0v) is 8.54. The van der Waals surface area contributed by atoms with Gasteiger partial charge < -0.3 is 0 Å². The van der Waals surface area contributed by atoms with Crippen LogP contribution in [-0.4, -0.2) is 29.1 Å². The Morgan fingerprint density at radius 1 is 1.62 bits per heavy atom. The number of hydrogen-bond acceptors (Lipinski definition) is 5. The largest absolute Gasteiger partial charge is 0.296 e. The maximum atomic E-state index is 9.90. The Balaban J connectivity index is 0.000000252. The predicted molar refractivity (Wildman–Crippen MR) is 54.6 cm³/mol. The van der Waals surface area contributed by atoms with Gasteiger partial charge in [-0.25, -0.2) is 0 Å². The van der Waals surface area contributed by atoms with Crippen LogP contribution in [0.5, 0.6) is 0 Å². The number of nitrogens with one attached hydrogen (secondary N) is 1. The van der Waals surface area contributed by atoms with Gasteiger partial charge in [0.15, 0.2) is 6.29 Å². The van der Waals surface area contributed by atoms with Gasteiger partial charge in [-0.15, -0.1) is 0 Å². The van der Waals surface area contributed by atoms with Gasteiger partial charge in [-0.1, -0.05) is 18.9 Å². The minimum Gasteiger partial charge on any atom is -0.296 e. The Morgan fingerprint density at radius 2 is 2.38 bits per heavy atom. The molecule has 0 aliphatic rings. The Bertz CT molecular complexity index is 216. The topological polar surface area (TPSA) is 54.9 Å². The average Bonchev–Trinajstić information content (AvgIpc) is 2.21. The number of nitrogens with zero attached hydrogens (tertiary/aromatic N) is 2. The molecule has 0 aliphatic carbocycles. The van der Waals surface area contributed by atoms with Gasteiger partial charge in [-0.3, -0.25) is 19.5 Å². The molecule has 0 bridgehead atoms. The van der Waals surface area contributed by atoms with E-state index in [1.54, 1.807) is 11.9 Å². The molecule has 1 aromatic rings. The molecule has 72 valence electrons. The van der Waals surface area contributed by atoms with E-state index in [2.05, 4.69) is 21.6 Å². The van der Waals surface area contributed by atoms with E-state index in [-0.39, 0.29) is 0 Å². The normalized spacial score (nSPS) is 8.46. The molecule has 0 aliphatic heterocycles. The number of rotatable bonds is 3. The van der Waals surface area contributed by atoms with Crippen LogP contribution in [-0.2, 0) is 0 Å². The number of aldehydes is 1. The summed E-state index contributed by atoms with van der Waals surface area (Å²) in [7, 11) is 1.92. The van der Waals surface area contributed by atoms with E-state index < -0.39 is 0 Å². The Hall–Kier alpha value is -0.940. The lowest BCUT2D eigenvalue weighted by Crippen LogP contribution is -1.89. The Morgan fingerprint density at radius 3 is 2.62 bits per heavy atom. The SMILES string of the molecule is CCSNC.O=Cc1cnccn1. The first-order valence-corrected chi connectivity index (χ1v) is 4.83. The molecule has 0 aromatic carbocycles. The van der Waals surface area contributed by atoms with Crippen LogP contribution in [0.2, 0.25) is 0 Å². The van der Waals surface area contributed by atoms with Crippen molar-refractivity contribution in [2.24, 2.45) is 0 Å². The highest BCUT2D eigenvalue weighted by Gasteiger charge is 1.83. The molecule has 0 atom stereocenters. The lowest BCUT2D eigenvalue weighted by Gasteiger charge is -1.84. The van der Waals surface area contributed by atoms with Crippen molar-refractivity contribution in [2.75, 3.05) is 12.8 Å². The van der Waals surface area contributed by atoms with Crippen molar-refractivity contribution < 1.29 is 4.79 Å². The van der Waals surface area contributed by atoms with Crippen molar-refractivity contribution in [3.8, 4) is 0 Å². The van der Waals surface area contributed by atoms with E-state index in [1.165, 1.54) is 18.6 Å². The summed E-state index contributed by atoms with van der Waals surface area (Å²) in [6.07, 6.45) is 5.07. The molecule has 1 rings (SSSR count). The summed E-state index contributed by atoms with van der Waals surface area (Å²) < 4.78 is 2.93. The van der Waals surface area contributed by atoms with Crippen LogP contribution >= 0.6 is 11.9 Å². The minimum atomic E-state index is 0.368. The van der Waals surface area contributed by atoms with E-state index in [0.717, 1.165) is 5.75 Å². The first kappa shape index (κ1) is 12.1. The third-order valence-electron chi connectivity index (χ3n) is 0.993. The monoisotopic (exact) mass is 199 g/mol. The average molecular weight is 199 g/mol. The first-order chi connectivity index (χ1) is 6.35. The fourth-order valence-corrected chi connectivity index (χ4v) is 0.804. The molecule has 4 nitrogen and oxygen atoms in total. The van der Waals surface area contributed by atoms with Gasteiger partial charge in [0.05, 0.1) is 6.20 Å². The smallest absolute Gasteiger partial charge is 0.170 e. The molecule has 1 heterocycles. The van der Waals surface area contributed by atoms with Crippen LogP contribution in [0.15, 0.2) is 18.6 Å². The summed E-state index contributed by atoms with van der Waals surface area (Å²) in [6, 6.07) is 0. The standard InChI is InChI=1S/C5H4N2O.C3H9NS/c8-4-5-3-6-1-2-7-5;1-3-5-4-2/h1-4H;4H,3H2,1-2H3. The number of carbonyl (C=O) groups excluding carboxylic acids is 1. The highest BCUT2D eigenvalue weighted by molar-refractivity contribution is 7.97. The van der Waals surface area contributed by atoms with Gasteiger partial charge in [0.25, 0.3) is 0 Å². The first-order valence-electron chi connectivity index (χ1n) is 3.84. The molecule has 0 spiro atoms. The quantitative estimate of drug-likeness (QED) is 0.585. The molecule has 0 radical (unpaired) electrons. The number of hydrogen-bond donors (Lipinski definition) is 1. The molecule has 13 heavy (non-hydrogen) atoms. The molecular weight excluding hydrogens is 186 g/mol. The maximum Gasteiger partial charge on any atom is 0.170 e. The van der Waals surface area contributed by atoms with Crippen molar-refractivity contribution in [2.45, 2.75) is 6.92 Å². The molecule has 1 N–H and O–H groups in total. The van der Waals surface area contributed by atoms with Crippen molar-refractivity contribution in [3.05, 3.63) is 24.3 Å². The lowest BCUT2D eigenvalue weighted by atomic mass is 10.5. The number of aromatic nitrogens is 2. The van der Waals surface area contributed by atoms with E-state index in [4.69, 9.17) is 0 Å². The van der Waals surface area contributed by atoms with E-state index >= 15 is 0 Å². The third kappa shape index (κ3) is 7.42. The van der Waals surface area contributed by atoms with Gasteiger partial charge in [0.1, 0.15) is 5.69 Å². The molecule has 0 unspecified atom stereocenters. The summed E-state index contributed by atoms with van der Waals surface area (Å²) in [6.45, 7) is 2.11. The molecular formula is C8H13N3OS. The zero-order valence-electron chi connectivity index (χ0n) is 7.73. The molecule has 0 fully saturated rings. The summed E-state index contributed by atoms with van der Waals surface area (Å²) in [5, 5.41) is 0. The van der Waals surface area contributed by atoms with Crippen molar-refractivity contribution >= 4 is 18.2 Å². The van der Waals surface area contributed by atoms with Crippen LogP contribution in [0.1, 0.15) is 17.4 Å². The van der Waals surface area contributed by atoms with Gasteiger partial charge >= 0.3 is 0 Å². The van der Waals surface area contributed by atoms with Crippen molar-refractivity contribution in [1.82, 2.24) is 14.7 Å². The fraction of sp³-hybridized carbons (Fsp3) is 0.375. The summed E-state index contributed by atoms with van der Waals surface area (Å²) in [5.41, 5.74) is 0.368. The lowest BCUT2D eigenvalue weighted by molar-refractivity contribution is 0.111. The van der Waals surface area contributed by atoms with Crippen molar-refractivity contribution in [1.29, 1.82) is 0 Å². The number of carbonyl (C=O) groups is 1. The summed E-state index contributed by atoms with van der Waals surface area (Å²) >= 11 is 1.71. The maximum absolute atomic E-state index is 9.90. The van der Waals surface area contributed by atoms with Crippen LogP contribution in [0, 0.1) is 0 Å². The molecule has 0 amide bonds. The van der Waals surface area contributed by atoms with Gasteiger partial charge in [0, 0.05) is 18.1 Å². The third-order valence-corrected chi connectivity index (χ3v) is 1.57. The van der Waals surface area contributed by atoms with Gasteiger partial charge in [0.2, 0.25) is 0 Å². The van der Waals surface area contributed by atoms with E-state index in [0.29, 0.717) is 12.0 Å². The molecule has 0 saturated heterocycles. The van der Waals surface area contributed by atoms with Crippen LogP contribution in [0.3, 0.4) is 0 Å². The Kier molecular flexibility index (Phi) is 8.49. The second-order valence-electron chi connectivity index (χ2n) is 1.89. The second kappa shape index (κ2) is 9.15. The van der Waals surface area contributed by atoms with E-state index in [9.17, 15) is 4.79 Å². The highest BCUT2D eigenvalue weighted by Crippen LogP contribution is 1.83. The van der Waals surface area contributed by atoms with Crippen molar-refractivity contribution in [3.63, 3.8) is 0 Å². The van der Waals surface area contributed by atoms with Crippen LogP contribution in [0.4, 0.5) is 0 Å². The van der Waals surface area contributed by atoms with Crippen LogP contribution in [0.25, 0.3) is 0 Å². The summed E-state index contributed by atoms with van der Waals surface area (Å²) in [5.74, 6) is 1.15. The van der Waals surface area contributed by atoms with Gasteiger partial charge in [-0.2, -0.15) is 0 Å². The van der Waals surface area contributed by atoms with Gasteiger partial charge in [-0.05, 0) is 7.05 Å². The minimum absolute atomic E-state index is 0.368. The molecule has 1 aromatic heterocycles. The van der Waals surface area contributed by atoms with Crippen LogP contribution < -0.4 is 4.72 Å².